The summed E-state index contributed by atoms with van der Waals surface area (Å²) >= 11 is 0. The van der Waals surface area contributed by atoms with E-state index in [9.17, 15) is 35.9 Å². The highest BCUT2D eigenvalue weighted by Gasteiger charge is 2.73. The highest BCUT2D eigenvalue weighted by molar-refractivity contribution is 6.02. The monoisotopic (exact) mass is 567 g/mol. The predicted molar refractivity (Wildman–Crippen MR) is 145 cm³/mol. The lowest BCUT2D eigenvalue weighted by molar-refractivity contribution is -0.335. The van der Waals surface area contributed by atoms with Crippen molar-refractivity contribution in [1.82, 2.24) is 4.90 Å². The molecule has 0 radical (unpaired) electrons. The number of likely N-dealkylation sites (N-methyl/N-ethyl adjacent to an activating group) is 1. The van der Waals surface area contributed by atoms with Crippen molar-refractivity contribution in [2.24, 2.45) is 17.3 Å². The molecule has 40 heavy (non-hydrogen) atoms. The quantitative estimate of drug-likeness (QED) is 0.168. The van der Waals surface area contributed by atoms with Crippen molar-refractivity contribution in [2.75, 3.05) is 7.05 Å². The van der Waals surface area contributed by atoms with Crippen molar-refractivity contribution in [3.63, 3.8) is 0 Å². The Kier molecular flexibility index (Phi) is 10.6. The molecule has 1 amide bonds. The molecule has 0 aromatic heterocycles. The van der Waals surface area contributed by atoms with E-state index in [2.05, 4.69) is 0 Å². The van der Waals surface area contributed by atoms with Crippen LogP contribution >= 0.6 is 0 Å². The average molecular weight is 568 g/mol. The third kappa shape index (κ3) is 6.67. The molecule has 1 atom stereocenters. The first-order valence-electron chi connectivity index (χ1n) is 12.9. The summed E-state index contributed by atoms with van der Waals surface area (Å²) in [6, 6.07) is 0. The molecule has 0 bridgehead atoms. The number of allylic oxidation sites excluding steroid dienone is 13. The first kappa shape index (κ1) is 32.8. The molecule has 0 aliphatic heterocycles. The first-order valence-corrected chi connectivity index (χ1v) is 12.9. The molecule has 0 N–H and O–H groups in total. The maximum absolute atomic E-state index is 14.6. The molecule has 0 saturated heterocycles. The zero-order chi connectivity index (χ0) is 30.5. The predicted octanol–water partition coefficient (Wildman–Crippen LogP) is 8.52. The summed E-state index contributed by atoms with van der Waals surface area (Å²) in [5.74, 6) is -2.69. The molecule has 9 heteroatoms. The normalized spacial score (nSPS) is 18.3. The Morgan fingerprint density at radius 3 is 2.10 bits per heavy atom. The molecule has 0 spiro atoms. The van der Waals surface area contributed by atoms with Crippen LogP contribution in [0.1, 0.15) is 47.5 Å². The van der Waals surface area contributed by atoms with E-state index in [4.69, 9.17) is 0 Å². The summed E-state index contributed by atoms with van der Waals surface area (Å²) in [6.07, 6.45) is 2.13. The van der Waals surface area contributed by atoms with Gasteiger partial charge in [-0.1, -0.05) is 80.5 Å². The standard InChI is InChI=1S/C31H35F6NO2/c1-7-23(20(2)3)15-13-22(5)29(30(32,33)34,31(35,36)37)25-9-8-10-26(17-16-25)38(6)28(40)27-18-12-21(4)11-14-24(27)19-39/h7,9-13,15-20,22H,8,14H2,1-6H3/b15-13-,23-7+. The zero-order valence-electron chi connectivity index (χ0n) is 23.5. The highest BCUT2D eigenvalue weighted by Crippen LogP contribution is 2.60. The van der Waals surface area contributed by atoms with E-state index in [0.29, 0.717) is 11.9 Å². The van der Waals surface area contributed by atoms with E-state index in [-0.39, 0.29) is 35.6 Å². The van der Waals surface area contributed by atoms with Crippen LogP contribution in [-0.2, 0) is 9.59 Å². The summed E-state index contributed by atoms with van der Waals surface area (Å²) in [5.41, 5.74) is -3.27. The van der Waals surface area contributed by atoms with Gasteiger partial charge in [-0.15, -0.1) is 0 Å². The fourth-order valence-electron chi connectivity index (χ4n) is 4.84. The number of nitrogens with zero attached hydrogens (tertiary/aromatic N) is 1. The molecule has 2 aliphatic rings. The van der Waals surface area contributed by atoms with Gasteiger partial charge in [0.25, 0.3) is 5.91 Å². The van der Waals surface area contributed by atoms with Gasteiger partial charge in [0.15, 0.2) is 5.41 Å². The van der Waals surface area contributed by atoms with E-state index >= 15 is 0 Å². The Hall–Kier alpha value is -3.36. The van der Waals surface area contributed by atoms with Gasteiger partial charge in [-0.2, -0.15) is 26.3 Å². The highest BCUT2D eigenvalue weighted by atomic mass is 19.4. The maximum atomic E-state index is 14.6. The van der Waals surface area contributed by atoms with Crippen molar-refractivity contribution in [1.29, 1.82) is 0 Å². The van der Waals surface area contributed by atoms with Crippen molar-refractivity contribution in [2.45, 2.75) is 59.8 Å². The van der Waals surface area contributed by atoms with Crippen molar-refractivity contribution < 1.29 is 35.9 Å². The van der Waals surface area contributed by atoms with Crippen molar-refractivity contribution in [3.05, 3.63) is 94.3 Å². The van der Waals surface area contributed by atoms with Crippen LogP contribution in [0.5, 0.6) is 0 Å². The summed E-state index contributed by atoms with van der Waals surface area (Å²) < 4.78 is 87.6. The van der Waals surface area contributed by atoms with Gasteiger partial charge in [0.2, 0.25) is 0 Å². The van der Waals surface area contributed by atoms with Crippen LogP contribution in [0, 0.1) is 17.3 Å². The van der Waals surface area contributed by atoms with Gasteiger partial charge in [-0.05, 0) is 50.3 Å². The van der Waals surface area contributed by atoms with Gasteiger partial charge in [0, 0.05) is 29.8 Å². The topological polar surface area (TPSA) is 37.4 Å². The van der Waals surface area contributed by atoms with Gasteiger partial charge >= 0.3 is 12.4 Å². The smallest absolute Gasteiger partial charge is 0.312 e. The van der Waals surface area contributed by atoms with Gasteiger partial charge in [0.1, 0.15) is 6.29 Å². The number of aldehydes is 1. The number of carbonyl (C=O) groups is 2. The van der Waals surface area contributed by atoms with E-state index in [0.717, 1.165) is 41.7 Å². The van der Waals surface area contributed by atoms with Crippen molar-refractivity contribution in [3.8, 4) is 0 Å². The molecule has 2 rings (SSSR count). The van der Waals surface area contributed by atoms with Gasteiger partial charge < -0.3 is 4.90 Å². The molecule has 1 unspecified atom stereocenters. The van der Waals surface area contributed by atoms with E-state index in [1.54, 1.807) is 45.9 Å². The van der Waals surface area contributed by atoms with Gasteiger partial charge in [-0.3, -0.25) is 9.59 Å². The summed E-state index contributed by atoms with van der Waals surface area (Å²) in [6.45, 7) is 7.97. The number of halogens is 6. The zero-order valence-corrected chi connectivity index (χ0v) is 23.5. The SMILES string of the molecule is C/C=C(\C=C/C(C)C(C1=CCC=C(N(C)C(=O)C2=C(C=O)CC=C(C)C=C2)C=C1)(C(F)(F)F)C(F)(F)F)C(C)C. The summed E-state index contributed by atoms with van der Waals surface area (Å²) in [5, 5.41) is 0. The summed E-state index contributed by atoms with van der Waals surface area (Å²) in [4.78, 5) is 26.0. The Labute approximate surface area is 231 Å². The number of rotatable bonds is 8. The number of alkyl halides is 6. The molecule has 0 fully saturated rings. The maximum Gasteiger partial charge on any atom is 0.407 e. The average Bonchev–Trinajstić information content (AvgIpc) is 3.20. The Bertz CT molecular complexity index is 1220. The number of hydrogen-bond donors (Lipinski definition) is 0. The third-order valence-electron chi connectivity index (χ3n) is 7.28. The minimum absolute atomic E-state index is 0.0886. The molecule has 218 valence electrons. The fourth-order valence-corrected chi connectivity index (χ4v) is 4.84. The second-order valence-corrected chi connectivity index (χ2v) is 10.2. The summed E-state index contributed by atoms with van der Waals surface area (Å²) in [7, 11) is 1.36. The van der Waals surface area contributed by atoms with Gasteiger partial charge in [0.05, 0.1) is 0 Å². The number of carbonyl (C=O) groups excluding carboxylic acids is 2. The van der Waals surface area contributed by atoms with Crippen LogP contribution in [0.3, 0.4) is 0 Å². The molecule has 2 aliphatic carbocycles. The second kappa shape index (κ2) is 12.9. The second-order valence-electron chi connectivity index (χ2n) is 10.2. The molecule has 0 saturated carbocycles. The van der Waals surface area contributed by atoms with Crippen LogP contribution in [0.2, 0.25) is 0 Å². The van der Waals surface area contributed by atoms with Crippen molar-refractivity contribution >= 4 is 12.2 Å². The number of hydrogen-bond acceptors (Lipinski definition) is 2. The van der Waals surface area contributed by atoms with Crippen LogP contribution in [-0.4, -0.2) is 36.5 Å². The van der Waals surface area contributed by atoms with Crippen LogP contribution in [0.4, 0.5) is 26.3 Å². The van der Waals surface area contributed by atoms with Crippen LogP contribution in [0.25, 0.3) is 0 Å². The molecular weight excluding hydrogens is 532 g/mol. The molecule has 3 nitrogen and oxygen atoms in total. The van der Waals surface area contributed by atoms with Crippen LogP contribution < -0.4 is 0 Å². The molecular formula is C31H35F6NO2. The molecule has 0 aromatic rings. The molecule has 0 aromatic carbocycles. The Balaban J connectivity index is 2.55. The lowest BCUT2D eigenvalue weighted by Crippen LogP contribution is -2.55. The molecule has 0 heterocycles. The Morgan fingerprint density at radius 2 is 1.57 bits per heavy atom. The van der Waals surface area contributed by atoms with E-state index in [1.165, 1.54) is 25.3 Å². The van der Waals surface area contributed by atoms with E-state index < -0.39 is 35.2 Å². The lowest BCUT2D eigenvalue weighted by atomic mass is 9.68. The van der Waals surface area contributed by atoms with Gasteiger partial charge in [-0.25, -0.2) is 0 Å². The Morgan fingerprint density at radius 1 is 0.950 bits per heavy atom. The first-order chi connectivity index (χ1) is 18.5. The minimum atomic E-state index is -5.68. The fraction of sp³-hybridized carbons (Fsp3) is 0.419. The van der Waals surface area contributed by atoms with E-state index in [1.807, 2.05) is 0 Å². The third-order valence-corrected chi connectivity index (χ3v) is 7.28. The largest absolute Gasteiger partial charge is 0.407 e. The minimum Gasteiger partial charge on any atom is -0.312 e. The number of amides is 1. The van der Waals surface area contributed by atoms with Crippen LogP contribution in [0.15, 0.2) is 94.3 Å². The lowest BCUT2D eigenvalue weighted by Gasteiger charge is -2.42.